The fourth-order valence-electron chi connectivity index (χ4n) is 4.46. The maximum absolute atomic E-state index is 13.6. The van der Waals surface area contributed by atoms with Crippen molar-refractivity contribution < 1.29 is 27.5 Å². The predicted molar refractivity (Wildman–Crippen MR) is 132 cm³/mol. The molecule has 13 heteroatoms. The number of piperazine rings is 1. The van der Waals surface area contributed by atoms with Crippen LogP contribution in [0.1, 0.15) is 28.9 Å². The van der Waals surface area contributed by atoms with Crippen LogP contribution >= 0.6 is 11.6 Å². The number of rotatable bonds is 6. The third kappa shape index (κ3) is 5.80. The number of aromatic nitrogens is 2. The molecule has 0 aliphatic carbocycles. The van der Waals surface area contributed by atoms with Gasteiger partial charge in [0.15, 0.2) is 0 Å². The van der Waals surface area contributed by atoms with E-state index in [1.54, 1.807) is 17.9 Å². The maximum Gasteiger partial charge on any atom is 0.401 e. The minimum absolute atomic E-state index is 0.154. The van der Waals surface area contributed by atoms with Crippen LogP contribution in [0.4, 0.5) is 29.2 Å². The highest BCUT2D eigenvalue weighted by Gasteiger charge is 2.33. The highest BCUT2D eigenvalue weighted by molar-refractivity contribution is 6.31. The van der Waals surface area contributed by atoms with E-state index in [0.717, 1.165) is 12.1 Å². The summed E-state index contributed by atoms with van der Waals surface area (Å²) in [5.74, 6) is -1.72. The van der Waals surface area contributed by atoms with Gasteiger partial charge in [-0.05, 0) is 37.3 Å². The summed E-state index contributed by atoms with van der Waals surface area (Å²) in [7, 11) is 1.53. The highest BCUT2D eigenvalue weighted by Crippen LogP contribution is 2.31. The Kier molecular flexibility index (Phi) is 7.33. The standard InChI is InChI=1S/C24H24ClF4N5O3/c1-13(30-19-4-3-15(26)11-17(19)22(36)37)16-9-14(25)10-18-20(16)31-23(32(2)21(18)35)34-7-5-33(6-8-34)12-24(27,28)29/h3-4,9-11,13,30H,5-8,12H2,1-2H3,(H,36,37). The van der Waals surface area contributed by atoms with Gasteiger partial charge < -0.3 is 15.3 Å². The topological polar surface area (TPSA) is 90.7 Å². The van der Waals surface area contributed by atoms with E-state index in [0.29, 0.717) is 17.0 Å². The summed E-state index contributed by atoms with van der Waals surface area (Å²) >= 11 is 6.30. The molecular formula is C24H24ClF4N5O3. The summed E-state index contributed by atoms with van der Waals surface area (Å²) in [6.45, 7) is 1.52. The van der Waals surface area contributed by atoms with Crippen LogP contribution in [0.5, 0.6) is 0 Å². The molecule has 2 heterocycles. The third-order valence-electron chi connectivity index (χ3n) is 6.26. The Hall–Kier alpha value is -3.38. The number of hydrogen-bond donors (Lipinski definition) is 2. The molecule has 4 rings (SSSR count). The predicted octanol–water partition coefficient (Wildman–Crippen LogP) is 4.28. The van der Waals surface area contributed by atoms with Gasteiger partial charge in [-0.15, -0.1) is 0 Å². The quantitative estimate of drug-likeness (QED) is 0.450. The summed E-state index contributed by atoms with van der Waals surface area (Å²) in [6.07, 6.45) is -4.29. The molecule has 0 spiro atoms. The van der Waals surface area contributed by atoms with Gasteiger partial charge in [-0.25, -0.2) is 14.2 Å². The minimum Gasteiger partial charge on any atom is -0.478 e. The highest BCUT2D eigenvalue weighted by atomic mass is 35.5. The Bertz CT molecular complexity index is 1400. The molecule has 198 valence electrons. The molecule has 1 aliphatic rings. The largest absolute Gasteiger partial charge is 0.478 e. The van der Waals surface area contributed by atoms with E-state index in [2.05, 4.69) is 5.32 Å². The van der Waals surface area contributed by atoms with Crippen molar-refractivity contribution in [2.24, 2.45) is 7.05 Å². The molecule has 0 bridgehead atoms. The number of benzene rings is 2. The molecule has 37 heavy (non-hydrogen) atoms. The first kappa shape index (κ1) is 26.7. The third-order valence-corrected chi connectivity index (χ3v) is 6.48. The normalized spacial score (nSPS) is 15.7. The average Bonchev–Trinajstić information content (AvgIpc) is 2.82. The van der Waals surface area contributed by atoms with Crippen molar-refractivity contribution >= 4 is 40.1 Å². The monoisotopic (exact) mass is 541 g/mol. The number of fused-ring (bicyclic) bond motifs is 1. The number of carbonyl (C=O) groups is 1. The number of anilines is 2. The van der Waals surface area contributed by atoms with Gasteiger partial charge in [-0.1, -0.05) is 11.6 Å². The molecule has 8 nitrogen and oxygen atoms in total. The van der Waals surface area contributed by atoms with Crippen molar-refractivity contribution in [1.82, 2.24) is 14.5 Å². The van der Waals surface area contributed by atoms with E-state index in [9.17, 15) is 32.3 Å². The second-order valence-electron chi connectivity index (χ2n) is 8.91. The molecule has 1 atom stereocenters. The smallest absolute Gasteiger partial charge is 0.401 e. The lowest BCUT2D eigenvalue weighted by atomic mass is 10.0. The van der Waals surface area contributed by atoms with Crippen molar-refractivity contribution in [3.8, 4) is 0 Å². The van der Waals surface area contributed by atoms with Gasteiger partial charge in [0.05, 0.1) is 29.1 Å². The van der Waals surface area contributed by atoms with Gasteiger partial charge in [0, 0.05) is 49.5 Å². The van der Waals surface area contributed by atoms with E-state index in [4.69, 9.17) is 16.6 Å². The number of halogens is 5. The molecule has 0 saturated carbocycles. The Balaban J connectivity index is 1.71. The lowest BCUT2D eigenvalue weighted by Gasteiger charge is -2.36. The fraction of sp³-hybridized carbons (Fsp3) is 0.375. The van der Waals surface area contributed by atoms with Gasteiger partial charge >= 0.3 is 12.1 Å². The van der Waals surface area contributed by atoms with Crippen molar-refractivity contribution in [3.05, 3.63) is 62.7 Å². The van der Waals surface area contributed by atoms with E-state index >= 15 is 0 Å². The Morgan fingerprint density at radius 3 is 2.49 bits per heavy atom. The molecule has 1 fully saturated rings. The van der Waals surface area contributed by atoms with Crippen LogP contribution in [0.2, 0.25) is 5.02 Å². The van der Waals surface area contributed by atoms with Gasteiger partial charge in [0.2, 0.25) is 5.95 Å². The van der Waals surface area contributed by atoms with Gasteiger partial charge in [0.1, 0.15) is 5.82 Å². The summed E-state index contributed by atoms with van der Waals surface area (Å²) in [4.78, 5) is 32.6. The average molecular weight is 542 g/mol. The van der Waals surface area contributed by atoms with E-state index < -0.39 is 30.5 Å². The molecule has 0 amide bonds. The molecule has 3 aromatic rings. The zero-order valence-corrected chi connectivity index (χ0v) is 20.7. The van der Waals surface area contributed by atoms with Crippen LogP contribution in [0.3, 0.4) is 0 Å². The summed E-state index contributed by atoms with van der Waals surface area (Å²) in [5.41, 5.74) is 0.331. The van der Waals surface area contributed by atoms with Crippen LogP contribution in [0.25, 0.3) is 10.9 Å². The first-order valence-corrected chi connectivity index (χ1v) is 11.8. The van der Waals surface area contributed by atoms with Crippen LogP contribution < -0.4 is 15.8 Å². The molecule has 1 aromatic heterocycles. The second-order valence-corrected chi connectivity index (χ2v) is 9.34. The lowest BCUT2D eigenvalue weighted by Crippen LogP contribution is -2.50. The number of nitrogens with zero attached hydrogens (tertiary/aromatic N) is 4. The molecule has 2 N–H and O–H groups in total. The van der Waals surface area contributed by atoms with Crippen LogP contribution in [0.15, 0.2) is 35.1 Å². The van der Waals surface area contributed by atoms with Gasteiger partial charge in [-0.2, -0.15) is 13.2 Å². The van der Waals surface area contributed by atoms with E-state index in [1.165, 1.54) is 28.6 Å². The fourth-order valence-corrected chi connectivity index (χ4v) is 4.68. The molecule has 1 unspecified atom stereocenters. The van der Waals surface area contributed by atoms with Gasteiger partial charge in [-0.3, -0.25) is 14.3 Å². The second kappa shape index (κ2) is 10.2. The molecule has 1 saturated heterocycles. The number of carboxylic acid groups (broad SMARTS) is 1. The van der Waals surface area contributed by atoms with Crippen LogP contribution in [-0.2, 0) is 7.05 Å². The first-order chi connectivity index (χ1) is 17.3. The maximum atomic E-state index is 13.6. The lowest BCUT2D eigenvalue weighted by molar-refractivity contribution is -0.146. The number of aromatic carboxylic acids is 1. The number of nitrogens with one attached hydrogen (secondary N) is 1. The van der Waals surface area contributed by atoms with Gasteiger partial charge in [0.25, 0.3) is 5.56 Å². The summed E-state index contributed by atoms with van der Waals surface area (Å²) < 4.78 is 53.3. The first-order valence-electron chi connectivity index (χ1n) is 11.4. The van der Waals surface area contributed by atoms with Crippen molar-refractivity contribution in [1.29, 1.82) is 0 Å². The molecular weight excluding hydrogens is 518 g/mol. The van der Waals surface area contributed by atoms with Crippen molar-refractivity contribution in [2.45, 2.75) is 19.1 Å². The number of alkyl halides is 3. The number of carboxylic acids is 1. The Morgan fingerprint density at radius 1 is 1.19 bits per heavy atom. The van der Waals surface area contributed by atoms with Crippen LogP contribution in [0, 0.1) is 5.82 Å². The SMILES string of the molecule is CC(Nc1ccc(F)cc1C(=O)O)c1cc(Cl)cc2c(=O)n(C)c(N3CCN(CC(F)(F)F)CC3)nc12. The molecule has 1 aliphatic heterocycles. The Labute approximate surface area is 214 Å². The van der Waals surface area contributed by atoms with Crippen LogP contribution in [-0.4, -0.2) is 64.4 Å². The minimum atomic E-state index is -4.29. The molecule has 0 radical (unpaired) electrons. The summed E-state index contributed by atoms with van der Waals surface area (Å²) in [6, 6.07) is 5.82. The van der Waals surface area contributed by atoms with E-state index in [1.807, 2.05) is 0 Å². The zero-order chi connectivity index (χ0) is 27.1. The summed E-state index contributed by atoms with van der Waals surface area (Å²) in [5, 5.41) is 13.0. The number of hydrogen-bond acceptors (Lipinski definition) is 6. The molecule has 2 aromatic carbocycles. The Morgan fingerprint density at radius 2 is 1.86 bits per heavy atom. The van der Waals surface area contributed by atoms with Crippen molar-refractivity contribution in [3.63, 3.8) is 0 Å². The van der Waals surface area contributed by atoms with Crippen molar-refractivity contribution in [2.75, 3.05) is 42.9 Å². The zero-order valence-electron chi connectivity index (χ0n) is 19.9. The van der Waals surface area contributed by atoms with E-state index in [-0.39, 0.29) is 53.4 Å².